The van der Waals surface area contributed by atoms with Gasteiger partial charge in [-0.25, -0.2) is 0 Å². The van der Waals surface area contributed by atoms with Crippen LogP contribution in [-0.2, 0) is 4.79 Å². The van der Waals surface area contributed by atoms with E-state index in [2.05, 4.69) is 0 Å². The zero-order chi connectivity index (χ0) is 8.69. The minimum Gasteiger partial charge on any atom is -0.480 e. The average molecular weight is 171 g/mol. The van der Waals surface area contributed by atoms with Crippen molar-refractivity contribution < 1.29 is 9.90 Å². The summed E-state index contributed by atoms with van der Waals surface area (Å²) in [5.41, 5.74) is 0. The van der Waals surface area contributed by atoms with E-state index in [9.17, 15) is 4.79 Å². The zero-order valence-electron chi connectivity index (χ0n) is 6.15. The van der Waals surface area contributed by atoms with Crippen molar-refractivity contribution in [1.82, 2.24) is 0 Å². The molecule has 4 heteroatoms. The fourth-order valence-corrected chi connectivity index (χ4v) is 0.958. The van der Waals surface area contributed by atoms with E-state index in [0.29, 0.717) is 6.42 Å². The quantitative estimate of drug-likeness (QED) is 0.515. The third-order valence-electron chi connectivity index (χ3n) is 1.06. The lowest BCUT2D eigenvalue weighted by Gasteiger charge is -2.01. The fourth-order valence-electron chi connectivity index (χ4n) is 0.523. The number of allylic oxidation sites excluding steroid dienone is 2. The van der Waals surface area contributed by atoms with Gasteiger partial charge in [-0.05, 0) is 25.1 Å². The molecule has 0 aromatic carbocycles. The van der Waals surface area contributed by atoms with E-state index >= 15 is 0 Å². The lowest BCUT2D eigenvalue weighted by molar-refractivity contribution is -0.136. The molecule has 0 aliphatic rings. The molecule has 11 heavy (non-hydrogen) atoms. The van der Waals surface area contributed by atoms with Gasteiger partial charge in [0.1, 0.15) is 10.7 Å². The second-order valence-corrected chi connectivity index (χ2v) is 2.83. The molecule has 0 spiro atoms. The van der Waals surface area contributed by atoms with Crippen molar-refractivity contribution in [2.24, 2.45) is 0 Å². The SMILES string of the molecule is CC=CCC(SC#N)C(=O)O. The monoisotopic (exact) mass is 171 g/mol. The molecule has 1 atom stereocenters. The summed E-state index contributed by atoms with van der Waals surface area (Å²) in [6.45, 7) is 1.82. The number of carboxylic acid groups (broad SMARTS) is 1. The fraction of sp³-hybridized carbons (Fsp3) is 0.429. The van der Waals surface area contributed by atoms with Gasteiger partial charge in [0.15, 0.2) is 0 Å². The standard InChI is InChI=1S/C7H9NO2S/c1-2-3-4-6(7(9)10)11-5-8/h2-3,6H,4H2,1H3,(H,9,10). The Hall–Kier alpha value is -0.950. The predicted molar refractivity (Wildman–Crippen MR) is 44.1 cm³/mol. The number of aliphatic carboxylic acids is 1. The number of nitrogens with zero attached hydrogens (tertiary/aromatic N) is 1. The lowest BCUT2D eigenvalue weighted by atomic mass is 10.3. The smallest absolute Gasteiger partial charge is 0.318 e. The Balaban J connectivity index is 3.91. The number of rotatable bonds is 4. The van der Waals surface area contributed by atoms with Crippen molar-refractivity contribution in [2.75, 3.05) is 0 Å². The van der Waals surface area contributed by atoms with Gasteiger partial charge < -0.3 is 5.11 Å². The predicted octanol–water partition coefficient (Wildman–Crippen LogP) is 1.62. The summed E-state index contributed by atoms with van der Waals surface area (Å²) < 4.78 is 0. The summed E-state index contributed by atoms with van der Waals surface area (Å²) in [7, 11) is 0. The molecule has 0 saturated carbocycles. The molecule has 0 aliphatic heterocycles. The van der Waals surface area contributed by atoms with E-state index < -0.39 is 11.2 Å². The molecule has 0 fully saturated rings. The molecular formula is C7H9NO2S. The normalized spacial score (nSPS) is 12.7. The van der Waals surface area contributed by atoms with Gasteiger partial charge in [-0.3, -0.25) is 4.79 Å². The Morgan fingerprint density at radius 3 is 2.91 bits per heavy atom. The number of thiocyanates is 1. The highest BCUT2D eigenvalue weighted by atomic mass is 32.2. The van der Waals surface area contributed by atoms with E-state index in [4.69, 9.17) is 10.4 Å². The van der Waals surface area contributed by atoms with Crippen LogP contribution in [0.15, 0.2) is 12.2 Å². The van der Waals surface area contributed by atoms with Crippen LogP contribution in [0.25, 0.3) is 0 Å². The maximum absolute atomic E-state index is 10.4. The molecule has 0 rings (SSSR count). The molecule has 0 aliphatic carbocycles. The van der Waals surface area contributed by atoms with Gasteiger partial charge in [-0.1, -0.05) is 12.2 Å². The van der Waals surface area contributed by atoms with Gasteiger partial charge in [0.25, 0.3) is 0 Å². The van der Waals surface area contributed by atoms with Gasteiger partial charge in [-0.15, -0.1) is 0 Å². The van der Waals surface area contributed by atoms with Crippen LogP contribution in [0.2, 0.25) is 0 Å². The molecule has 0 amide bonds. The Kier molecular flexibility index (Phi) is 5.30. The van der Waals surface area contributed by atoms with Crippen molar-refractivity contribution in [3.05, 3.63) is 12.2 Å². The minimum atomic E-state index is -0.936. The Morgan fingerprint density at radius 1 is 1.91 bits per heavy atom. The Bertz CT molecular complexity index is 195. The summed E-state index contributed by atoms with van der Waals surface area (Å²) in [5, 5.41) is 17.9. The van der Waals surface area contributed by atoms with Crippen LogP contribution < -0.4 is 0 Å². The van der Waals surface area contributed by atoms with Crippen molar-refractivity contribution in [3.8, 4) is 5.40 Å². The van der Waals surface area contributed by atoms with Crippen LogP contribution in [0, 0.1) is 10.7 Å². The minimum absolute atomic E-state index is 0.407. The summed E-state index contributed by atoms with van der Waals surface area (Å²) >= 11 is 0.779. The van der Waals surface area contributed by atoms with Crippen LogP contribution in [0.5, 0.6) is 0 Å². The second-order valence-electron chi connectivity index (χ2n) is 1.84. The Labute approximate surface area is 69.7 Å². The first-order chi connectivity index (χ1) is 5.22. The van der Waals surface area contributed by atoms with Crippen molar-refractivity contribution >= 4 is 17.7 Å². The van der Waals surface area contributed by atoms with Crippen LogP contribution >= 0.6 is 11.8 Å². The van der Waals surface area contributed by atoms with E-state index in [1.807, 2.05) is 6.92 Å². The van der Waals surface area contributed by atoms with Gasteiger partial charge in [0.05, 0.1) is 0 Å². The van der Waals surface area contributed by atoms with Crippen molar-refractivity contribution in [2.45, 2.75) is 18.6 Å². The van der Waals surface area contributed by atoms with Crippen molar-refractivity contribution in [3.63, 3.8) is 0 Å². The molecule has 1 unspecified atom stereocenters. The molecule has 60 valence electrons. The zero-order valence-corrected chi connectivity index (χ0v) is 6.97. The van der Waals surface area contributed by atoms with Crippen LogP contribution in [0.3, 0.4) is 0 Å². The third-order valence-corrected chi connectivity index (χ3v) is 1.84. The molecule has 0 saturated heterocycles. The van der Waals surface area contributed by atoms with E-state index in [1.165, 1.54) is 0 Å². The van der Waals surface area contributed by atoms with Crippen LogP contribution in [0.4, 0.5) is 0 Å². The van der Waals surface area contributed by atoms with E-state index in [0.717, 1.165) is 11.8 Å². The highest BCUT2D eigenvalue weighted by molar-refractivity contribution is 8.04. The van der Waals surface area contributed by atoms with E-state index in [-0.39, 0.29) is 0 Å². The van der Waals surface area contributed by atoms with Gasteiger partial charge >= 0.3 is 5.97 Å². The molecule has 0 heterocycles. The third kappa shape index (κ3) is 4.45. The number of thioether (sulfide) groups is 1. The molecule has 0 aromatic rings. The summed E-state index contributed by atoms with van der Waals surface area (Å²) in [4.78, 5) is 10.4. The lowest BCUT2D eigenvalue weighted by Crippen LogP contribution is -2.14. The number of hydrogen-bond donors (Lipinski definition) is 1. The topological polar surface area (TPSA) is 61.1 Å². The summed E-state index contributed by atoms with van der Waals surface area (Å²) in [6.07, 6.45) is 3.92. The number of carbonyl (C=O) groups is 1. The maximum Gasteiger partial charge on any atom is 0.318 e. The van der Waals surface area contributed by atoms with Gasteiger partial charge in [0, 0.05) is 0 Å². The first-order valence-electron chi connectivity index (χ1n) is 3.11. The van der Waals surface area contributed by atoms with Crippen LogP contribution in [0.1, 0.15) is 13.3 Å². The second kappa shape index (κ2) is 5.81. The van der Waals surface area contributed by atoms with Crippen molar-refractivity contribution in [1.29, 1.82) is 5.26 Å². The summed E-state index contributed by atoms with van der Waals surface area (Å²) in [6, 6.07) is 0. The van der Waals surface area contributed by atoms with Crippen LogP contribution in [-0.4, -0.2) is 16.3 Å². The highest BCUT2D eigenvalue weighted by Gasteiger charge is 2.15. The molecule has 0 bridgehead atoms. The largest absolute Gasteiger partial charge is 0.480 e. The van der Waals surface area contributed by atoms with Gasteiger partial charge in [0.2, 0.25) is 0 Å². The first-order valence-corrected chi connectivity index (χ1v) is 3.99. The molecule has 1 N–H and O–H groups in total. The summed E-state index contributed by atoms with van der Waals surface area (Å²) in [5.74, 6) is -0.936. The number of nitriles is 1. The number of hydrogen-bond acceptors (Lipinski definition) is 3. The maximum atomic E-state index is 10.4. The highest BCUT2D eigenvalue weighted by Crippen LogP contribution is 2.13. The average Bonchev–Trinajstić information content (AvgIpc) is 1.97. The molecule has 3 nitrogen and oxygen atoms in total. The Morgan fingerprint density at radius 2 is 2.55 bits per heavy atom. The molecule has 0 aromatic heterocycles. The molecular weight excluding hydrogens is 162 g/mol. The molecule has 0 radical (unpaired) electrons. The van der Waals surface area contributed by atoms with Gasteiger partial charge in [-0.2, -0.15) is 5.26 Å². The van der Waals surface area contributed by atoms with E-state index in [1.54, 1.807) is 17.6 Å². The first kappa shape index (κ1) is 10.0. The number of carboxylic acids is 1.